The van der Waals surface area contributed by atoms with E-state index in [9.17, 15) is 28.2 Å². The molecule has 1 aromatic heterocycles. The molecule has 0 fully saturated rings. The molecule has 3 atom stereocenters. The van der Waals surface area contributed by atoms with Gasteiger partial charge in [0, 0.05) is 22.7 Å². The van der Waals surface area contributed by atoms with Gasteiger partial charge in [-0.3, -0.25) is 4.79 Å². The minimum Gasteiger partial charge on any atom is -0.507 e. The fourth-order valence-corrected chi connectivity index (χ4v) is 4.78. The second kappa shape index (κ2) is 7.85. The summed E-state index contributed by atoms with van der Waals surface area (Å²) in [5, 5.41) is 25.4. The highest BCUT2D eigenvalue weighted by molar-refractivity contribution is 5.91. The first-order chi connectivity index (χ1) is 15.1. The molecule has 170 valence electrons. The lowest BCUT2D eigenvalue weighted by Gasteiger charge is -2.46. The van der Waals surface area contributed by atoms with Crippen molar-refractivity contribution in [3.05, 3.63) is 69.5 Å². The summed E-state index contributed by atoms with van der Waals surface area (Å²) in [7, 11) is 0. The van der Waals surface area contributed by atoms with Crippen LogP contribution in [0.1, 0.15) is 55.3 Å². The number of phenolic OH excluding ortho intramolecular Hbond substituents is 1. The Morgan fingerprint density at radius 3 is 2.56 bits per heavy atom. The second-order valence-electron chi connectivity index (χ2n) is 8.33. The monoisotopic (exact) mass is 446 g/mol. The van der Waals surface area contributed by atoms with Crippen molar-refractivity contribution >= 4 is 16.6 Å². The van der Waals surface area contributed by atoms with E-state index in [1.54, 1.807) is 37.3 Å². The summed E-state index contributed by atoms with van der Waals surface area (Å²) in [4.78, 5) is 14.3. The lowest BCUT2D eigenvalue weighted by Crippen LogP contribution is -2.55. The Labute approximate surface area is 182 Å². The molecule has 4 rings (SSSR count). The van der Waals surface area contributed by atoms with Gasteiger partial charge in [0.15, 0.2) is 5.60 Å². The summed E-state index contributed by atoms with van der Waals surface area (Å²) in [5.41, 5.74) is -1.25. The van der Waals surface area contributed by atoms with E-state index in [4.69, 9.17) is 0 Å². The van der Waals surface area contributed by atoms with Crippen molar-refractivity contribution in [1.29, 1.82) is 0 Å². The van der Waals surface area contributed by atoms with Crippen LogP contribution >= 0.6 is 0 Å². The Hall–Kier alpha value is -3.00. The highest BCUT2D eigenvalue weighted by Gasteiger charge is 2.62. The molecule has 0 bridgehead atoms. The van der Waals surface area contributed by atoms with E-state index >= 15 is 0 Å². The average Bonchev–Trinajstić information content (AvgIpc) is 2.74. The number of H-pyrrole nitrogens is 1. The van der Waals surface area contributed by atoms with Gasteiger partial charge in [0.2, 0.25) is 5.56 Å². The molecule has 5 nitrogen and oxygen atoms in total. The average molecular weight is 446 g/mol. The molecule has 1 aliphatic rings. The van der Waals surface area contributed by atoms with Gasteiger partial charge in [-0.15, -0.1) is 0 Å². The van der Waals surface area contributed by atoms with Crippen LogP contribution in [0.15, 0.2) is 47.3 Å². The number of pyridine rings is 1. The van der Waals surface area contributed by atoms with E-state index < -0.39 is 30.2 Å². The van der Waals surface area contributed by atoms with Crippen molar-refractivity contribution in [2.24, 2.45) is 0 Å². The number of alkyl halides is 3. The van der Waals surface area contributed by atoms with Gasteiger partial charge >= 0.3 is 6.18 Å². The number of fused-ring (bicyclic) bond motifs is 2. The molecule has 0 spiro atoms. The Bertz CT molecular complexity index is 1220. The number of rotatable bonds is 4. The SMILES string of the molecule is CCc1ccc2c(c1O)[C@@H](CC)C[C@@](O)(C(F)(F)F)[C@@H]2Nc1cccc2[nH]c(=O)ccc12. The van der Waals surface area contributed by atoms with E-state index in [1.165, 1.54) is 12.1 Å². The minimum atomic E-state index is -4.91. The van der Waals surface area contributed by atoms with Crippen LogP contribution < -0.4 is 10.9 Å². The van der Waals surface area contributed by atoms with Crippen LogP contribution in [0.5, 0.6) is 5.75 Å². The summed E-state index contributed by atoms with van der Waals surface area (Å²) >= 11 is 0. The lowest BCUT2D eigenvalue weighted by atomic mass is 9.68. The molecular formula is C24H25F3N2O3. The van der Waals surface area contributed by atoms with Crippen molar-refractivity contribution in [2.45, 2.75) is 56.8 Å². The fourth-order valence-electron chi connectivity index (χ4n) is 4.78. The van der Waals surface area contributed by atoms with Gasteiger partial charge < -0.3 is 20.5 Å². The highest BCUT2D eigenvalue weighted by atomic mass is 19.4. The number of aromatic nitrogens is 1. The van der Waals surface area contributed by atoms with E-state index in [2.05, 4.69) is 10.3 Å². The van der Waals surface area contributed by atoms with E-state index in [0.29, 0.717) is 40.6 Å². The van der Waals surface area contributed by atoms with Gasteiger partial charge in [-0.2, -0.15) is 13.2 Å². The maximum atomic E-state index is 14.3. The molecule has 8 heteroatoms. The third kappa shape index (κ3) is 3.43. The number of aliphatic hydroxyl groups is 1. The minimum absolute atomic E-state index is 0.00451. The number of benzene rings is 2. The number of nitrogens with one attached hydrogen (secondary N) is 2. The maximum Gasteiger partial charge on any atom is 0.419 e. The topological polar surface area (TPSA) is 85.3 Å². The molecule has 1 aliphatic carbocycles. The van der Waals surface area contributed by atoms with Crippen LogP contribution in [-0.2, 0) is 6.42 Å². The Morgan fingerprint density at radius 2 is 1.91 bits per heavy atom. The third-order valence-corrected chi connectivity index (χ3v) is 6.52. The van der Waals surface area contributed by atoms with Crippen LogP contribution in [0.25, 0.3) is 10.9 Å². The van der Waals surface area contributed by atoms with Gasteiger partial charge in [-0.05, 0) is 54.5 Å². The van der Waals surface area contributed by atoms with Crippen molar-refractivity contribution in [3.8, 4) is 5.75 Å². The molecule has 3 aromatic rings. The Balaban J connectivity index is 1.94. The summed E-state index contributed by atoms with van der Waals surface area (Å²) in [6.45, 7) is 3.61. The third-order valence-electron chi connectivity index (χ3n) is 6.52. The number of aryl methyl sites for hydroxylation is 1. The first-order valence-electron chi connectivity index (χ1n) is 10.6. The number of halogens is 3. The summed E-state index contributed by atoms with van der Waals surface area (Å²) < 4.78 is 42.9. The van der Waals surface area contributed by atoms with Crippen molar-refractivity contribution in [1.82, 2.24) is 4.98 Å². The van der Waals surface area contributed by atoms with Crippen LogP contribution in [0.3, 0.4) is 0 Å². The maximum absolute atomic E-state index is 14.3. The van der Waals surface area contributed by atoms with Crippen LogP contribution in [0, 0.1) is 0 Å². The van der Waals surface area contributed by atoms with Crippen molar-refractivity contribution < 1.29 is 23.4 Å². The van der Waals surface area contributed by atoms with E-state index in [1.807, 2.05) is 6.92 Å². The Kier molecular flexibility index (Phi) is 5.45. The van der Waals surface area contributed by atoms with Gasteiger partial charge in [-0.1, -0.05) is 32.0 Å². The summed E-state index contributed by atoms with van der Waals surface area (Å²) in [5.74, 6) is -0.653. The number of phenols is 1. The predicted octanol–water partition coefficient (Wildman–Crippen LogP) is 5.14. The van der Waals surface area contributed by atoms with Gasteiger partial charge in [0.05, 0.1) is 11.6 Å². The first kappa shape index (κ1) is 22.2. The molecule has 0 aliphatic heterocycles. The highest BCUT2D eigenvalue weighted by Crippen LogP contribution is 2.55. The van der Waals surface area contributed by atoms with Gasteiger partial charge in [-0.25, -0.2) is 0 Å². The zero-order valence-electron chi connectivity index (χ0n) is 17.8. The zero-order valence-corrected chi connectivity index (χ0v) is 17.8. The van der Waals surface area contributed by atoms with Crippen molar-refractivity contribution in [3.63, 3.8) is 0 Å². The molecule has 0 radical (unpaired) electrons. The van der Waals surface area contributed by atoms with Crippen LogP contribution in [-0.4, -0.2) is 27.0 Å². The van der Waals surface area contributed by atoms with E-state index in [0.717, 1.165) is 0 Å². The zero-order chi connectivity index (χ0) is 23.3. The quantitative estimate of drug-likeness (QED) is 0.447. The predicted molar refractivity (Wildman–Crippen MR) is 117 cm³/mol. The largest absolute Gasteiger partial charge is 0.507 e. The normalized spacial score (nSPS) is 23.2. The van der Waals surface area contributed by atoms with Crippen LogP contribution in [0.2, 0.25) is 0 Å². The molecule has 0 unspecified atom stereocenters. The summed E-state index contributed by atoms with van der Waals surface area (Å²) in [6.07, 6.45) is -4.60. The molecule has 0 amide bonds. The molecule has 32 heavy (non-hydrogen) atoms. The first-order valence-corrected chi connectivity index (χ1v) is 10.6. The molecule has 4 N–H and O–H groups in total. The molecule has 0 saturated carbocycles. The number of aromatic hydroxyl groups is 1. The molecule has 0 saturated heterocycles. The Morgan fingerprint density at radius 1 is 1.16 bits per heavy atom. The summed E-state index contributed by atoms with van der Waals surface area (Å²) in [6, 6.07) is 9.32. The van der Waals surface area contributed by atoms with Crippen LogP contribution in [0.4, 0.5) is 18.9 Å². The lowest BCUT2D eigenvalue weighted by molar-refractivity contribution is -0.272. The molecular weight excluding hydrogens is 421 g/mol. The smallest absolute Gasteiger partial charge is 0.419 e. The van der Waals surface area contributed by atoms with Gasteiger partial charge in [0.1, 0.15) is 5.75 Å². The van der Waals surface area contributed by atoms with Gasteiger partial charge in [0.25, 0.3) is 0 Å². The number of anilines is 1. The molecule has 2 aromatic carbocycles. The number of aromatic amines is 1. The standard InChI is InChI=1S/C24H25F3N2O3/c1-3-13-8-9-16-20(21(13)31)14(4-2)12-23(32,24(25,26)27)22(16)29-18-7-5-6-17-15(18)10-11-19(30)28-17/h5-11,14,22,29,31-32H,3-4,12H2,1-2H3,(H,28,30)/t14-,22+,23-/m0/s1. The van der Waals surface area contributed by atoms with E-state index in [-0.39, 0.29) is 16.9 Å². The van der Waals surface area contributed by atoms with Crippen molar-refractivity contribution in [2.75, 3.05) is 5.32 Å². The second-order valence-corrected chi connectivity index (χ2v) is 8.33. The number of hydrogen-bond acceptors (Lipinski definition) is 4. The number of hydrogen-bond donors (Lipinski definition) is 4. The molecule has 1 heterocycles. The fraction of sp³-hybridized carbons (Fsp3) is 0.375.